The van der Waals surface area contributed by atoms with E-state index in [2.05, 4.69) is 33.8 Å². The normalized spacial score (nSPS) is 20.4. The minimum absolute atomic E-state index is 0.0767. The molecule has 4 nitrogen and oxygen atoms in total. The molecular formula is C13H16IN3O. The number of rotatable bonds is 1. The Hall–Kier alpha value is -0.820. The van der Waals surface area contributed by atoms with Crippen LogP contribution in [0.25, 0.3) is 10.9 Å². The average molecular weight is 357 g/mol. The zero-order valence-corrected chi connectivity index (χ0v) is 12.5. The molecule has 1 atom stereocenters. The molecule has 0 aliphatic carbocycles. The molecule has 0 saturated carbocycles. The van der Waals surface area contributed by atoms with Gasteiger partial charge in [-0.15, -0.1) is 0 Å². The number of hydrogen-bond donors (Lipinski definition) is 1. The molecular weight excluding hydrogens is 341 g/mol. The van der Waals surface area contributed by atoms with E-state index in [0.29, 0.717) is 0 Å². The van der Waals surface area contributed by atoms with E-state index in [1.54, 1.807) is 0 Å². The van der Waals surface area contributed by atoms with Crippen molar-refractivity contribution in [2.24, 2.45) is 0 Å². The molecule has 0 spiro atoms. The highest BCUT2D eigenvalue weighted by molar-refractivity contribution is 14.1. The number of aromatic nitrogens is 2. The van der Waals surface area contributed by atoms with Gasteiger partial charge in [0.05, 0.1) is 5.52 Å². The summed E-state index contributed by atoms with van der Waals surface area (Å²) < 4.78 is 8.83. The van der Waals surface area contributed by atoms with Crippen LogP contribution in [0.3, 0.4) is 0 Å². The highest BCUT2D eigenvalue weighted by Crippen LogP contribution is 2.31. The van der Waals surface area contributed by atoms with E-state index in [1.807, 2.05) is 17.7 Å². The number of halogens is 1. The number of nitrogens with zero attached hydrogens (tertiary/aromatic N) is 2. The first kappa shape index (κ1) is 12.2. The summed E-state index contributed by atoms with van der Waals surface area (Å²) in [4.78, 5) is 0. The second-order valence-electron chi connectivity index (χ2n) is 4.78. The fourth-order valence-corrected chi connectivity index (χ4v) is 3.07. The summed E-state index contributed by atoms with van der Waals surface area (Å²) in [5.41, 5.74) is 9.01. The van der Waals surface area contributed by atoms with Crippen molar-refractivity contribution < 1.29 is 4.74 Å². The standard InChI is InChI=1S/C13H16IN3O/c1-8-6-11-9(7-10(8)15)13(14)16-17(11)12-4-2-3-5-18-12/h6-7,12H,2-5,15H2,1H3. The van der Waals surface area contributed by atoms with Gasteiger partial charge in [-0.3, -0.25) is 0 Å². The van der Waals surface area contributed by atoms with Crippen LogP contribution in [-0.2, 0) is 4.74 Å². The first-order valence-electron chi connectivity index (χ1n) is 6.22. The van der Waals surface area contributed by atoms with Crippen LogP contribution >= 0.6 is 22.6 Å². The smallest absolute Gasteiger partial charge is 0.150 e. The summed E-state index contributed by atoms with van der Waals surface area (Å²) >= 11 is 2.26. The van der Waals surface area contributed by atoms with Gasteiger partial charge in [0, 0.05) is 17.7 Å². The van der Waals surface area contributed by atoms with E-state index in [4.69, 9.17) is 10.5 Å². The van der Waals surface area contributed by atoms with Crippen LogP contribution in [0, 0.1) is 10.6 Å². The van der Waals surface area contributed by atoms with Crippen LogP contribution in [0.5, 0.6) is 0 Å². The number of ether oxygens (including phenoxy) is 1. The molecule has 1 unspecified atom stereocenters. The van der Waals surface area contributed by atoms with E-state index in [-0.39, 0.29) is 6.23 Å². The predicted octanol–water partition coefficient (Wildman–Crippen LogP) is 3.23. The van der Waals surface area contributed by atoms with Gasteiger partial charge in [-0.1, -0.05) is 0 Å². The van der Waals surface area contributed by atoms with Crippen molar-refractivity contribution >= 4 is 39.2 Å². The average Bonchev–Trinajstić information content (AvgIpc) is 2.69. The van der Waals surface area contributed by atoms with Crippen LogP contribution in [0.4, 0.5) is 5.69 Å². The summed E-state index contributed by atoms with van der Waals surface area (Å²) in [5.74, 6) is 0. The Bertz CT molecular complexity index is 587. The summed E-state index contributed by atoms with van der Waals surface area (Å²) in [5, 5.41) is 5.74. The molecule has 1 saturated heterocycles. The third kappa shape index (κ3) is 1.99. The van der Waals surface area contributed by atoms with Crippen LogP contribution < -0.4 is 5.73 Å². The quantitative estimate of drug-likeness (QED) is 0.630. The molecule has 2 heterocycles. The molecule has 3 rings (SSSR count). The fraction of sp³-hybridized carbons (Fsp3) is 0.462. The summed E-state index contributed by atoms with van der Waals surface area (Å²) in [6.07, 6.45) is 3.47. The van der Waals surface area contributed by atoms with Gasteiger partial charge in [0.25, 0.3) is 0 Å². The molecule has 0 amide bonds. The van der Waals surface area contributed by atoms with Crippen molar-refractivity contribution in [2.75, 3.05) is 12.3 Å². The summed E-state index contributed by atoms with van der Waals surface area (Å²) in [6, 6.07) is 4.12. The molecule has 1 aromatic carbocycles. The van der Waals surface area contributed by atoms with Crippen LogP contribution in [0.15, 0.2) is 12.1 Å². The Labute approximate surface area is 120 Å². The zero-order valence-electron chi connectivity index (χ0n) is 10.3. The van der Waals surface area contributed by atoms with Gasteiger partial charge in [-0.2, -0.15) is 5.10 Å². The maximum absolute atomic E-state index is 5.97. The van der Waals surface area contributed by atoms with Crippen molar-refractivity contribution in [3.8, 4) is 0 Å². The number of fused-ring (bicyclic) bond motifs is 1. The van der Waals surface area contributed by atoms with Crippen molar-refractivity contribution in [1.29, 1.82) is 0 Å². The number of benzene rings is 1. The van der Waals surface area contributed by atoms with Gasteiger partial charge in [-0.05, 0) is 66.5 Å². The van der Waals surface area contributed by atoms with Crippen molar-refractivity contribution in [1.82, 2.24) is 9.78 Å². The van der Waals surface area contributed by atoms with Gasteiger partial charge in [-0.25, -0.2) is 4.68 Å². The van der Waals surface area contributed by atoms with Gasteiger partial charge in [0.15, 0.2) is 6.23 Å². The molecule has 1 aromatic heterocycles. The van der Waals surface area contributed by atoms with Gasteiger partial charge >= 0.3 is 0 Å². The molecule has 1 fully saturated rings. The van der Waals surface area contributed by atoms with Crippen molar-refractivity contribution in [2.45, 2.75) is 32.4 Å². The maximum Gasteiger partial charge on any atom is 0.150 e. The minimum atomic E-state index is 0.0767. The zero-order chi connectivity index (χ0) is 12.7. The first-order valence-corrected chi connectivity index (χ1v) is 7.30. The first-order chi connectivity index (χ1) is 8.66. The predicted molar refractivity (Wildman–Crippen MR) is 80.4 cm³/mol. The minimum Gasteiger partial charge on any atom is -0.398 e. The Morgan fingerprint density at radius 2 is 2.28 bits per heavy atom. The number of hydrogen-bond acceptors (Lipinski definition) is 3. The van der Waals surface area contributed by atoms with Gasteiger partial charge in [0.2, 0.25) is 0 Å². The van der Waals surface area contributed by atoms with Gasteiger partial charge < -0.3 is 10.5 Å². The molecule has 96 valence electrons. The highest BCUT2D eigenvalue weighted by Gasteiger charge is 2.20. The monoisotopic (exact) mass is 357 g/mol. The van der Waals surface area contributed by atoms with E-state index >= 15 is 0 Å². The fourth-order valence-electron chi connectivity index (χ4n) is 2.40. The third-order valence-electron chi connectivity index (χ3n) is 3.48. The molecule has 5 heteroatoms. The third-order valence-corrected chi connectivity index (χ3v) is 4.27. The van der Waals surface area contributed by atoms with E-state index in [0.717, 1.165) is 45.3 Å². The van der Waals surface area contributed by atoms with Crippen molar-refractivity contribution in [3.63, 3.8) is 0 Å². The molecule has 18 heavy (non-hydrogen) atoms. The van der Waals surface area contributed by atoms with E-state index in [1.165, 1.54) is 6.42 Å². The lowest BCUT2D eigenvalue weighted by Crippen LogP contribution is -2.19. The number of nitrogens with two attached hydrogens (primary N) is 1. The van der Waals surface area contributed by atoms with E-state index < -0.39 is 0 Å². The summed E-state index contributed by atoms with van der Waals surface area (Å²) in [6.45, 7) is 2.86. The Balaban J connectivity index is 2.14. The Morgan fingerprint density at radius 1 is 1.44 bits per heavy atom. The Kier molecular flexibility index (Phi) is 3.19. The molecule has 1 aliphatic heterocycles. The number of aryl methyl sites for hydroxylation is 1. The van der Waals surface area contributed by atoms with E-state index in [9.17, 15) is 0 Å². The SMILES string of the molecule is Cc1cc2c(cc1N)c(I)nn2C1CCCCO1. The molecule has 1 aliphatic rings. The summed E-state index contributed by atoms with van der Waals surface area (Å²) in [7, 11) is 0. The number of nitrogen functional groups attached to an aromatic ring is 1. The molecule has 0 bridgehead atoms. The lowest BCUT2D eigenvalue weighted by molar-refractivity contribution is -0.0368. The number of anilines is 1. The second kappa shape index (κ2) is 4.70. The maximum atomic E-state index is 5.97. The molecule has 2 aromatic rings. The van der Waals surface area contributed by atoms with Crippen molar-refractivity contribution in [3.05, 3.63) is 21.4 Å². The lowest BCUT2D eigenvalue weighted by atomic mass is 10.1. The second-order valence-corrected chi connectivity index (χ2v) is 5.80. The topological polar surface area (TPSA) is 53.1 Å². The largest absolute Gasteiger partial charge is 0.398 e. The lowest BCUT2D eigenvalue weighted by Gasteiger charge is -2.23. The highest BCUT2D eigenvalue weighted by atomic mass is 127. The van der Waals surface area contributed by atoms with Gasteiger partial charge in [0.1, 0.15) is 3.70 Å². The molecule has 2 N–H and O–H groups in total. The Morgan fingerprint density at radius 3 is 3.00 bits per heavy atom. The van der Waals surface area contributed by atoms with Crippen LogP contribution in [0.2, 0.25) is 0 Å². The van der Waals surface area contributed by atoms with Crippen LogP contribution in [0.1, 0.15) is 31.1 Å². The van der Waals surface area contributed by atoms with Crippen LogP contribution in [-0.4, -0.2) is 16.4 Å². The molecule has 0 radical (unpaired) electrons.